The number of hydrogen-bond donors (Lipinski definition) is 1. The summed E-state index contributed by atoms with van der Waals surface area (Å²) in [4.78, 5) is 4.25. The van der Waals surface area contributed by atoms with Crippen molar-refractivity contribution in [3.05, 3.63) is 18.3 Å². The highest BCUT2D eigenvalue weighted by Crippen LogP contribution is 2.22. The molecule has 7 heteroatoms. The highest BCUT2D eigenvalue weighted by Gasteiger charge is 2.32. The van der Waals surface area contributed by atoms with Crippen LogP contribution in [-0.2, 0) is 14.8 Å². The van der Waals surface area contributed by atoms with E-state index in [0.717, 1.165) is 6.42 Å². The molecule has 1 aromatic heterocycles. The Labute approximate surface area is 107 Å². The second-order valence-corrected chi connectivity index (χ2v) is 6.08. The molecule has 1 aliphatic rings. The van der Waals surface area contributed by atoms with Gasteiger partial charge in [0.05, 0.1) is 6.10 Å². The van der Waals surface area contributed by atoms with Crippen molar-refractivity contribution < 1.29 is 13.2 Å². The van der Waals surface area contributed by atoms with Crippen molar-refractivity contribution in [1.82, 2.24) is 9.29 Å². The van der Waals surface area contributed by atoms with Gasteiger partial charge < -0.3 is 10.1 Å². The number of anilines is 1. The number of nitrogens with one attached hydrogen (secondary N) is 1. The second-order valence-electron chi connectivity index (χ2n) is 4.14. The molecule has 1 unspecified atom stereocenters. The maximum absolute atomic E-state index is 12.3. The van der Waals surface area contributed by atoms with Crippen LogP contribution in [0.4, 0.5) is 5.82 Å². The molecule has 100 valence electrons. The number of rotatable bonds is 4. The van der Waals surface area contributed by atoms with Gasteiger partial charge in [0.25, 0.3) is 0 Å². The third kappa shape index (κ3) is 2.47. The van der Waals surface area contributed by atoms with Gasteiger partial charge in [0.15, 0.2) is 0 Å². The van der Waals surface area contributed by atoms with Crippen LogP contribution in [0.3, 0.4) is 0 Å². The molecular weight excluding hydrogens is 254 g/mol. The lowest BCUT2D eigenvalue weighted by atomic mass is 10.3. The molecule has 1 N–H and O–H groups in total. The summed E-state index contributed by atoms with van der Waals surface area (Å²) in [7, 11) is -0.106. The molecule has 6 nitrogen and oxygen atoms in total. The molecule has 1 aliphatic heterocycles. The van der Waals surface area contributed by atoms with E-state index in [-0.39, 0.29) is 11.0 Å². The van der Waals surface area contributed by atoms with E-state index in [1.807, 2.05) is 0 Å². The summed E-state index contributed by atoms with van der Waals surface area (Å²) >= 11 is 0. The van der Waals surface area contributed by atoms with Crippen LogP contribution < -0.4 is 5.32 Å². The molecule has 1 aromatic rings. The fraction of sp³-hybridized carbons (Fsp3) is 0.545. The van der Waals surface area contributed by atoms with Crippen molar-refractivity contribution >= 4 is 15.8 Å². The van der Waals surface area contributed by atoms with Crippen LogP contribution in [-0.4, -0.2) is 51.1 Å². The van der Waals surface area contributed by atoms with Gasteiger partial charge in [-0.05, 0) is 18.6 Å². The van der Waals surface area contributed by atoms with Crippen LogP contribution in [0.25, 0.3) is 0 Å². The Morgan fingerprint density at radius 1 is 1.50 bits per heavy atom. The maximum Gasteiger partial charge on any atom is 0.244 e. The topological polar surface area (TPSA) is 71.5 Å². The van der Waals surface area contributed by atoms with Crippen LogP contribution in [0.1, 0.15) is 6.42 Å². The normalized spacial score (nSPS) is 21.1. The van der Waals surface area contributed by atoms with Gasteiger partial charge in [-0.25, -0.2) is 13.4 Å². The van der Waals surface area contributed by atoms with E-state index in [4.69, 9.17) is 4.74 Å². The number of pyridine rings is 1. The number of hydrogen-bond acceptors (Lipinski definition) is 5. The van der Waals surface area contributed by atoms with Crippen LogP contribution in [0.2, 0.25) is 0 Å². The Morgan fingerprint density at radius 2 is 2.28 bits per heavy atom. The molecule has 0 spiro atoms. The minimum atomic E-state index is -3.44. The number of methoxy groups -OCH3 is 1. The summed E-state index contributed by atoms with van der Waals surface area (Å²) in [6.07, 6.45) is 2.10. The Bertz CT molecular complexity index is 501. The first-order chi connectivity index (χ1) is 8.57. The maximum atomic E-state index is 12.3. The summed E-state index contributed by atoms with van der Waals surface area (Å²) in [5, 5.41) is 2.85. The average molecular weight is 271 g/mol. The lowest BCUT2D eigenvalue weighted by Gasteiger charge is -2.16. The van der Waals surface area contributed by atoms with Crippen molar-refractivity contribution in [2.24, 2.45) is 0 Å². The summed E-state index contributed by atoms with van der Waals surface area (Å²) in [5.41, 5.74) is 0. The van der Waals surface area contributed by atoms with Crippen LogP contribution in [0.5, 0.6) is 0 Å². The molecule has 0 radical (unpaired) electrons. The van der Waals surface area contributed by atoms with Crippen molar-refractivity contribution in [2.75, 3.05) is 32.6 Å². The van der Waals surface area contributed by atoms with E-state index in [1.54, 1.807) is 26.3 Å². The standard InChI is InChI=1S/C11H17N3O3S/c1-12-11-4-3-10(7-13-11)18(15,16)14-6-5-9(8-14)17-2/h3-4,7,9H,5-6,8H2,1-2H3,(H,12,13). The molecule has 18 heavy (non-hydrogen) atoms. The number of sulfonamides is 1. The summed E-state index contributed by atoms with van der Waals surface area (Å²) in [6, 6.07) is 3.21. The van der Waals surface area contributed by atoms with E-state index in [9.17, 15) is 8.42 Å². The van der Waals surface area contributed by atoms with Crippen molar-refractivity contribution in [1.29, 1.82) is 0 Å². The zero-order valence-corrected chi connectivity index (χ0v) is 11.3. The van der Waals surface area contributed by atoms with Crippen molar-refractivity contribution in [2.45, 2.75) is 17.4 Å². The van der Waals surface area contributed by atoms with E-state index >= 15 is 0 Å². The minimum absolute atomic E-state index is 0.00989. The predicted octanol–water partition coefficient (Wildman–Crippen LogP) is 0.533. The van der Waals surface area contributed by atoms with Gasteiger partial charge in [-0.1, -0.05) is 0 Å². The molecule has 0 bridgehead atoms. The fourth-order valence-electron chi connectivity index (χ4n) is 1.94. The molecule has 1 saturated heterocycles. The zero-order valence-electron chi connectivity index (χ0n) is 10.5. The Balaban J connectivity index is 2.20. The monoisotopic (exact) mass is 271 g/mol. The second kappa shape index (κ2) is 5.21. The lowest BCUT2D eigenvalue weighted by Crippen LogP contribution is -2.30. The van der Waals surface area contributed by atoms with Gasteiger partial charge in [-0.2, -0.15) is 4.31 Å². The molecule has 1 atom stereocenters. The molecule has 2 heterocycles. The number of nitrogens with zero attached hydrogens (tertiary/aromatic N) is 2. The van der Waals surface area contributed by atoms with Crippen LogP contribution >= 0.6 is 0 Å². The predicted molar refractivity (Wildman–Crippen MR) is 68.0 cm³/mol. The fourth-order valence-corrected chi connectivity index (χ4v) is 3.37. The SMILES string of the molecule is CNc1ccc(S(=O)(=O)N2CCC(OC)C2)cn1. The Morgan fingerprint density at radius 3 is 2.78 bits per heavy atom. The molecule has 0 aromatic carbocycles. The third-order valence-corrected chi connectivity index (χ3v) is 4.92. The molecule has 0 amide bonds. The first-order valence-electron chi connectivity index (χ1n) is 5.74. The van der Waals surface area contributed by atoms with Gasteiger partial charge in [-0.15, -0.1) is 0 Å². The number of aromatic nitrogens is 1. The Kier molecular flexibility index (Phi) is 3.84. The van der Waals surface area contributed by atoms with Gasteiger partial charge in [0.1, 0.15) is 10.7 Å². The Hall–Kier alpha value is -1.18. The quantitative estimate of drug-likeness (QED) is 0.865. The molecule has 0 aliphatic carbocycles. The van der Waals surface area contributed by atoms with Crippen molar-refractivity contribution in [3.8, 4) is 0 Å². The molecular formula is C11H17N3O3S. The molecule has 0 saturated carbocycles. The molecule has 1 fully saturated rings. The van der Waals surface area contributed by atoms with Crippen LogP contribution in [0.15, 0.2) is 23.2 Å². The van der Waals surface area contributed by atoms with E-state index < -0.39 is 10.0 Å². The van der Waals surface area contributed by atoms with Crippen molar-refractivity contribution in [3.63, 3.8) is 0 Å². The van der Waals surface area contributed by atoms with E-state index in [2.05, 4.69) is 10.3 Å². The summed E-state index contributed by atoms with van der Waals surface area (Å²) in [5.74, 6) is 0.644. The molecule has 2 rings (SSSR count). The summed E-state index contributed by atoms with van der Waals surface area (Å²) in [6.45, 7) is 0.904. The minimum Gasteiger partial charge on any atom is -0.380 e. The smallest absolute Gasteiger partial charge is 0.244 e. The largest absolute Gasteiger partial charge is 0.380 e. The number of ether oxygens (including phenoxy) is 1. The average Bonchev–Trinajstić information content (AvgIpc) is 2.88. The highest BCUT2D eigenvalue weighted by molar-refractivity contribution is 7.89. The third-order valence-electron chi connectivity index (χ3n) is 3.07. The van der Waals surface area contributed by atoms with Crippen LogP contribution in [0, 0.1) is 0 Å². The van der Waals surface area contributed by atoms with Gasteiger partial charge in [0.2, 0.25) is 10.0 Å². The van der Waals surface area contributed by atoms with E-state index in [0.29, 0.717) is 18.9 Å². The zero-order chi connectivity index (χ0) is 13.2. The van der Waals surface area contributed by atoms with Gasteiger partial charge in [-0.3, -0.25) is 0 Å². The first kappa shape index (κ1) is 13.3. The van der Waals surface area contributed by atoms with Gasteiger partial charge >= 0.3 is 0 Å². The van der Waals surface area contributed by atoms with Gasteiger partial charge in [0, 0.05) is 33.4 Å². The lowest BCUT2D eigenvalue weighted by molar-refractivity contribution is 0.115. The summed E-state index contributed by atoms with van der Waals surface area (Å²) < 4.78 is 31.2. The highest BCUT2D eigenvalue weighted by atomic mass is 32.2. The first-order valence-corrected chi connectivity index (χ1v) is 7.18. The van der Waals surface area contributed by atoms with E-state index in [1.165, 1.54) is 10.5 Å².